The maximum Gasteiger partial charge on any atom is 0.189 e. The van der Waals surface area contributed by atoms with E-state index in [1.165, 1.54) is 19.3 Å². The molecule has 0 aromatic rings. The molecular weight excluding hydrogens is 190 g/mol. The van der Waals surface area contributed by atoms with E-state index in [9.17, 15) is 0 Å². The van der Waals surface area contributed by atoms with Gasteiger partial charge in [0, 0.05) is 0 Å². The van der Waals surface area contributed by atoms with E-state index in [1.807, 2.05) is 6.92 Å². The van der Waals surface area contributed by atoms with Crippen molar-refractivity contribution in [3.8, 4) is 0 Å². The van der Waals surface area contributed by atoms with Crippen LogP contribution in [-0.2, 0) is 0 Å². The normalized spacial score (nSPS) is 21.3. The molecule has 1 aliphatic rings. The van der Waals surface area contributed by atoms with Gasteiger partial charge in [-0.05, 0) is 19.3 Å². The molecule has 0 aromatic carbocycles. The standard InChI is InChI=1S/C11H23N3O/c1-2-9(8-15)13-11(12)14-10-6-4-3-5-7-10/h9-10,15H,2-8H2,1H3,(H3,12,13,14)/t9-/m1/s1. The fourth-order valence-electron chi connectivity index (χ4n) is 1.93. The first kappa shape index (κ1) is 12.3. The monoisotopic (exact) mass is 213 g/mol. The fraction of sp³-hybridized carbons (Fsp3) is 0.909. The minimum atomic E-state index is 0.0392. The van der Waals surface area contributed by atoms with Crippen LogP contribution in [0.3, 0.4) is 0 Å². The predicted octanol–water partition coefficient (Wildman–Crippen LogP) is 0.994. The molecule has 15 heavy (non-hydrogen) atoms. The van der Waals surface area contributed by atoms with Gasteiger partial charge < -0.3 is 16.2 Å². The molecule has 0 radical (unpaired) electrons. The van der Waals surface area contributed by atoms with Crippen molar-refractivity contribution in [3.05, 3.63) is 0 Å². The summed E-state index contributed by atoms with van der Waals surface area (Å²) < 4.78 is 0. The van der Waals surface area contributed by atoms with E-state index in [2.05, 4.69) is 10.3 Å². The number of rotatable bonds is 4. The molecule has 4 N–H and O–H groups in total. The van der Waals surface area contributed by atoms with Gasteiger partial charge in [0.25, 0.3) is 0 Å². The molecule has 1 aliphatic carbocycles. The first-order chi connectivity index (χ1) is 7.26. The summed E-state index contributed by atoms with van der Waals surface area (Å²) in [5.41, 5.74) is 5.78. The van der Waals surface area contributed by atoms with Gasteiger partial charge in [0.15, 0.2) is 5.96 Å². The second kappa shape index (κ2) is 6.67. The SMILES string of the molecule is CC[C@H](CO)NC(N)=NC1CCCCC1. The first-order valence-electron chi connectivity index (χ1n) is 5.97. The molecule has 0 unspecified atom stereocenters. The van der Waals surface area contributed by atoms with E-state index >= 15 is 0 Å². The number of nitrogens with zero attached hydrogens (tertiary/aromatic N) is 1. The third-order valence-corrected chi connectivity index (χ3v) is 2.96. The van der Waals surface area contributed by atoms with Crippen LogP contribution in [0.2, 0.25) is 0 Å². The van der Waals surface area contributed by atoms with Gasteiger partial charge in [-0.3, -0.25) is 4.99 Å². The van der Waals surface area contributed by atoms with E-state index in [0.717, 1.165) is 19.3 Å². The highest BCUT2D eigenvalue weighted by atomic mass is 16.3. The molecule has 4 heteroatoms. The second-order valence-electron chi connectivity index (χ2n) is 4.24. The molecule has 88 valence electrons. The minimum absolute atomic E-state index is 0.0392. The zero-order chi connectivity index (χ0) is 11.1. The van der Waals surface area contributed by atoms with E-state index in [4.69, 9.17) is 10.8 Å². The molecule has 0 amide bonds. The summed E-state index contributed by atoms with van der Waals surface area (Å²) in [6.07, 6.45) is 7.01. The summed E-state index contributed by atoms with van der Waals surface area (Å²) in [7, 11) is 0. The van der Waals surface area contributed by atoms with Crippen LogP contribution in [-0.4, -0.2) is 29.8 Å². The van der Waals surface area contributed by atoms with Gasteiger partial charge in [0.2, 0.25) is 0 Å². The third kappa shape index (κ3) is 4.51. The van der Waals surface area contributed by atoms with Gasteiger partial charge in [-0.15, -0.1) is 0 Å². The zero-order valence-electron chi connectivity index (χ0n) is 9.58. The average molecular weight is 213 g/mol. The zero-order valence-corrected chi connectivity index (χ0v) is 9.58. The summed E-state index contributed by atoms with van der Waals surface area (Å²) in [4.78, 5) is 4.44. The van der Waals surface area contributed by atoms with Crippen molar-refractivity contribution in [2.45, 2.75) is 57.5 Å². The molecule has 0 aromatic heterocycles. The summed E-state index contributed by atoms with van der Waals surface area (Å²) in [6.45, 7) is 2.12. The van der Waals surface area contributed by atoms with Crippen molar-refractivity contribution < 1.29 is 5.11 Å². The summed E-state index contributed by atoms with van der Waals surface area (Å²) >= 11 is 0. The lowest BCUT2D eigenvalue weighted by molar-refractivity contribution is 0.252. The average Bonchev–Trinajstić information content (AvgIpc) is 2.27. The smallest absolute Gasteiger partial charge is 0.189 e. The van der Waals surface area contributed by atoms with Crippen molar-refractivity contribution in [1.82, 2.24) is 5.32 Å². The van der Waals surface area contributed by atoms with Gasteiger partial charge >= 0.3 is 0 Å². The highest BCUT2D eigenvalue weighted by molar-refractivity contribution is 5.78. The van der Waals surface area contributed by atoms with Crippen LogP contribution in [0, 0.1) is 0 Å². The number of aliphatic hydroxyl groups excluding tert-OH is 1. The Morgan fingerprint density at radius 3 is 2.67 bits per heavy atom. The lowest BCUT2D eigenvalue weighted by Crippen LogP contribution is -2.42. The Balaban J connectivity index is 2.36. The number of hydrogen-bond donors (Lipinski definition) is 3. The summed E-state index contributed by atoms with van der Waals surface area (Å²) in [5, 5.41) is 12.0. The Bertz CT molecular complexity index is 196. The quantitative estimate of drug-likeness (QED) is 0.482. The molecule has 0 aliphatic heterocycles. The Labute approximate surface area is 92.0 Å². The van der Waals surface area contributed by atoms with Gasteiger partial charge in [0.1, 0.15) is 0 Å². The van der Waals surface area contributed by atoms with Crippen molar-refractivity contribution in [2.24, 2.45) is 10.7 Å². The molecule has 1 saturated carbocycles. The lowest BCUT2D eigenvalue weighted by atomic mass is 9.96. The van der Waals surface area contributed by atoms with E-state index < -0.39 is 0 Å². The van der Waals surface area contributed by atoms with E-state index in [1.54, 1.807) is 0 Å². The van der Waals surface area contributed by atoms with E-state index in [0.29, 0.717) is 12.0 Å². The van der Waals surface area contributed by atoms with Crippen LogP contribution in [0.25, 0.3) is 0 Å². The Hall–Kier alpha value is -0.770. The molecule has 0 heterocycles. The Kier molecular flexibility index (Phi) is 5.47. The van der Waals surface area contributed by atoms with Crippen molar-refractivity contribution in [1.29, 1.82) is 0 Å². The van der Waals surface area contributed by atoms with Crippen molar-refractivity contribution in [3.63, 3.8) is 0 Å². The fourth-order valence-corrected chi connectivity index (χ4v) is 1.93. The lowest BCUT2D eigenvalue weighted by Gasteiger charge is -2.20. The molecule has 0 saturated heterocycles. The second-order valence-corrected chi connectivity index (χ2v) is 4.24. The summed E-state index contributed by atoms with van der Waals surface area (Å²) in [6, 6.07) is 0.430. The number of guanidine groups is 1. The number of nitrogens with one attached hydrogen (secondary N) is 1. The van der Waals surface area contributed by atoms with Crippen LogP contribution >= 0.6 is 0 Å². The van der Waals surface area contributed by atoms with Crippen molar-refractivity contribution in [2.75, 3.05) is 6.61 Å². The van der Waals surface area contributed by atoms with Crippen LogP contribution in [0.4, 0.5) is 0 Å². The Morgan fingerprint density at radius 1 is 1.47 bits per heavy atom. The molecular formula is C11H23N3O. The maximum atomic E-state index is 9.01. The molecule has 0 bridgehead atoms. The van der Waals surface area contributed by atoms with Crippen LogP contribution in [0.5, 0.6) is 0 Å². The number of aliphatic hydroxyl groups is 1. The van der Waals surface area contributed by atoms with Gasteiger partial charge in [-0.2, -0.15) is 0 Å². The van der Waals surface area contributed by atoms with Crippen molar-refractivity contribution >= 4 is 5.96 Å². The number of aliphatic imine (C=N–C) groups is 1. The van der Waals surface area contributed by atoms with Crippen LogP contribution in [0.1, 0.15) is 45.4 Å². The third-order valence-electron chi connectivity index (χ3n) is 2.96. The van der Waals surface area contributed by atoms with Gasteiger partial charge in [-0.1, -0.05) is 26.2 Å². The summed E-state index contributed by atoms with van der Waals surface area (Å²) in [5.74, 6) is 0.489. The number of nitrogens with two attached hydrogens (primary N) is 1. The minimum Gasteiger partial charge on any atom is -0.394 e. The van der Waals surface area contributed by atoms with Crippen LogP contribution in [0.15, 0.2) is 4.99 Å². The number of hydrogen-bond acceptors (Lipinski definition) is 2. The molecule has 1 rings (SSSR count). The van der Waals surface area contributed by atoms with Gasteiger partial charge in [-0.25, -0.2) is 0 Å². The predicted molar refractivity (Wildman–Crippen MR) is 62.8 cm³/mol. The highest BCUT2D eigenvalue weighted by Gasteiger charge is 2.13. The van der Waals surface area contributed by atoms with E-state index in [-0.39, 0.29) is 12.6 Å². The Morgan fingerprint density at radius 2 is 2.13 bits per heavy atom. The largest absolute Gasteiger partial charge is 0.394 e. The highest BCUT2D eigenvalue weighted by Crippen LogP contribution is 2.19. The maximum absolute atomic E-state index is 9.01. The molecule has 1 fully saturated rings. The molecule has 1 atom stereocenters. The topological polar surface area (TPSA) is 70.6 Å². The van der Waals surface area contributed by atoms with Crippen LogP contribution < -0.4 is 11.1 Å². The first-order valence-corrected chi connectivity index (χ1v) is 5.97. The molecule has 0 spiro atoms. The van der Waals surface area contributed by atoms with Gasteiger partial charge in [0.05, 0.1) is 18.7 Å². The molecule has 4 nitrogen and oxygen atoms in total.